The first-order valence-electron chi connectivity index (χ1n) is 5.78. The van der Waals surface area contributed by atoms with Gasteiger partial charge in [0.2, 0.25) is 11.7 Å². The Labute approximate surface area is 124 Å². The van der Waals surface area contributed by atoms with Crippen LogP contribution in [0.25, 0.3) is 5.57 Å². The van der Waals surface area contributed by atoms with Crippen LogP contribution in [0, 0.1) is 11.3 Å². The van der Waals surface area contributed by atoms with Gasteiger partial charge in [0.1, 0.15) is 11.6 Å². The molecule has 8 nitrogen and oxygen atoms in total. The van der Waals surface area contributed by atoms with E-state index in [0.29, 0.717) is 16.4 Å². The zero-order valence-electron chi connectivity index (χ0n) is 10.9. The van der Waals surface area contributed by atoms with E-state index in [1.165, 1.54) is 13.1 Å². The van der Waals surface area contributed by atoms with Crippen molar-refractivity contribution in [1.29, 1.82) is 5.26 Å². The highest BCUT2D eigenvalue weighted by atomic mass is 35.5. The minimum atomic E-state index is -0.219. The SMILES string of the molecule is CC(=O)Nc1ccc(Cl)cc1NC=C(C#N)c1nn[nH]n1. The lowest BCUT2D eigenvalue weighted by atomic mass is 10.2. The molecule has 0 spiro atoms. The van der Waals surface area contributed by atoms with Crippen LogP contribution in [-0.2, 0) is 4.79 Å². The molecule has 106 valence electrons. The Balaban J connectivity index is 2.28. The Bertz CT molecular complexity index is 718. The minimum absolute atomic E-state index is 0.160. The van der Waals surface area contributed by atoms with Crippen LogP contribution < -0.4 is 10.6 Å². The fourth-order valence-corrected chi connectivity index (χ4v) is 1.68. The van der Waals surface area contributed by atoms with Gasteiger partial charge in [0.05, 0.1) is 11.4 Å². The van der Waals surface area contributed by atoms with Gasteiger partial charge in [0.25, 0.3) is 0 Å². The molecule has 0 atom stereocenters. The lowest BCUT2D eigenvalue weighted by molar-refractivity contribution is -0.114. The lowest BCUT2D eigenvalue weighted by Crippen LogP contribution is -2.08. The van der Waals surface area contributed by atoms with E-state index in [-0.39, 0.29) is 17.3 Å². The molecule has 21 heavy (non-hydrogen) atoms. The molecule has 2 rings (SSSR count). The third-order valence-electron chi connectivity index (χ3n) is 2.37. The van der Waals surface area contributed by atoms with Crippen LogP contribution in [0.4, 0.5) is 11.4 Å². The number of nitrogens with zero attached hydrogens (tertiary/aromatic N) is 4. The second kappa shape index (κ2) is 6.49. The molecule has 9 heteroatoms. The average molecular weight is 304 g/mol. The summed E-state index contributed by atoms with van der Waals surface area (Å²) in [7, 11) is 0. The Kier molecular flexibility index (Phi) is 4.48. The van der Waals surface area contributed by atoms with Crippen molar-refractivity contribution >= 4 is 34.5 Å². The zero-order valence-corrected chi connectivity index (χ0v) is 11.6. The molecule has 3 N–H and O–H groups in total. The summed E-state index contributed by atoms with van der Waals surface area (Å²) in [6.45, 7) is 1.40. The molecule has 0 fully saturated rings. The molecular formula is C12H10ClN7O. The zero-order chi connectivity index (χ0) is 15.2. The maximum atomic E-state index is 11.2. The molecule has 1 aromatic carbocycles. The summed E-state index contributed by atoms with van der Waals surface area (Å²) in [5, 5.41) is 28.2. The van der Waals surface area contributed by atoms with E-state index in [1.807, 2.05) is 6.07 Å². The third kappa shape index (κ3) is 3.77. The van der Waals surface area contributed by atoms with Crippen molar-refractivity contribution in [2.75, 3.05) is 10.6 Å². The predicted molar refractivity (Wildman–Crippen MR) is 77.1 cm³/mol. The highest BCUT2D eigenvalue weighted by Gasteiger charge is 2.08. The van der Waals surface area contributed by atoms with E-state index in [4.69, 9.17) is 16.9 Å². The van der Waals surface area contributed by atoms with E-state index in [9.17, 15) is 4.79 Å². The monoisotopic (exact) mass is 303 g/mol. The van der Waals surface area contributed by atoms with Crippen molar-refractivity contribution in [1.82, 2.24) is 20.6 Å². The fourth-order valence-electron chi connectivity index (χ4n) is 1.51. The number of H-pyrrole nitrogens is 1. The summed E-state index contributed by atoms with van der Waals surface area (Å²) in [4.78, 5) is 11.2. The second-order valence-electron chi connectivity index (χ2n) is 3.92. The smallest absolute Gasteiger partial charge is 0.221 e. The molecular weight excluding hydrogens is 294 g/mol. The fraction of sp³-hybridized carbons (Fsp3) is 0.0833. The summed E-state index contributed by atoms with van der Waals surface area (Å²) < 4.78 is 0. The molecule has 0 aliphatic rings. The van der Waals surface area contributed by atoms with Crippen molar-refractivity contribution in [2.45, 2.75) is 6.92 Å². The van der Waals surface area contributed by atoms with Gasteiger partial charge < -0.3 is 10.6 Å². The number of halogens is 1. The van der Waals surface area contributed by atoms with E-state index in [2.05, 4.69) is 31.3 Å². The number of benzene rings is 1. The van der Waals surface area contributed by atoms with Gasteiger partial charge in [0, 0.05) is 18.1 Å². The Morgan fingerprint density at radius 2 is 2.29 bits per heavy atom. The number of amides is 1. The van der Waals surface area contributed by atoms with Crippen LogP contribution >= 0.6 is 11.6 Å². The van der Waals surface area contributed by atoms with Gasteiger partial charge in [-0.1, -0.05) is 11.6 Å². The molecule has 1 heterocycles. The number of aromatic nitrogens is 4. The van der Waals surface area contributed by atoms with Crippen molar-refractivity contribution in [3.8, 4) is 6.07 Å². The highest BCUT2D eigenvalue weighted by Crippen LogP contribution is 2.26. The first-order valence-corrected chi connectivity index (χ1v) is 6.15. The Morgan fingerprint density at radius 1 is 1.48 bits per heavy atom. The molecule has 0 unspecified atom stereocenters. The molecule has 1 amide bonds. The molecule has 0 bridgehead atoms. The van der Waals surface area contributed by atoms with Crippen molar-refractivity contribution < 1.29 is 4.79 Å². The topological polar surface area (TPSA) is 119 Å². The number of hydrogen-bond donors (Lipinski definition) is 3. The molecule has 0 saturated carbocycles. The Morgan fingerprint density at radius 3 is 2.90 bits per heavy atom. The molecule has 0 aliphatic carbocycles. The predicted octanol–water partition coefficient (Wildman–Crippen LogP) is 1.79. The quantitative estimate of drug-likeness (QED) is 0.741. The summed E-state index contributed by atoms with van der Waals surface area (Å²) in [6.07, 6.45) is 1.40. The van der Waals surface area contributed by atoms with Crippen LogP contribution in [-0.4, -0.2) is 26.5 Å². The van der Waals surface area contributed by atoms with Gasteiger partial charge in [-0.15, -0.1) is 10.2 Å². The van der Waals surface area contributed by atoms with Gasteiger partial charge in [-0.3, -0.25) is 4.79 Å². The van der Waals surface area contributed by atoms with Crippen molar-refractivity contribution in [2.24, 2.45) is 0 Å². The molecule has 1 aromatic heterocycles. The van der Waals surface area contributed by atoms with Crippen LogP contribution in [0.3, 0.4) is 0 Å². The number of anilines is 2. The van der Waals surface area contributed by atoms with E-state index < -0.39 is 0 Å². The number of aromatic amines is 1. The normalized spacial score (nSPS) is 10.8. The van der Waals surface area contributed by atoms with Gasteiger partial charge in [-0.25, -0.2) is 0 Å². The van der Waals surface area contributed by atoms with Gasteiger partial charge in [-0.05, 0) is 23.4 Å². The number of carbonyl (C=O) groups excluding carboxylic acids is 1. The van der Waals surface area contributed by atoms with Gasteiger partial charge in [-0.2, -0.15) is 10.5 Å². The van der Waals surface area contributed by atoms with Crippen molar-refractivity contribution in [3.05, 3.63) is 35.2 Å². The summed E-state index contributed by atoms with van der Waals surface area (Å²) in [5.74, 6) is -0.0591. The van der Waals surface area contributed by atoms with Gasteiger partial charge >= 0.3 is 0 Å². The van der Waals surface area contributed by atoms with Crippen LogP contribution in [0.2, 0.25) is 5.02 Å². The van der Waals surface area contributed by atoms with E-state index in [1.54, 1.807) is 18.2 Å². The van der Waals surface area contributed by atoms with Crippen LogP contribution in [0.1, 0.15) is 12.7 Å². The number of allylic oxidation sites excluding steroid dienone is 1. The second-order valence-corrected chi connectivity index (χ2v) is 4.36. The maximum Gasteiger partial charge on any atom is 0.221 e. The maximum absolute atomic E-state index is 11.2. The van der Waals surface area contributed by atoms with Crippen molar-refractivity contribution in [3.63, 3.8) is 0 Å². The average Bonchev–Trinajstić information content (AvgIpc) is 2.96. The molecule has 2 aromatic rings. The minimum Gasteiger partial charge on any atom is -0.359 e. The lowest BCUT2D eigenvalue weighted by Gasteiger charge is -2.10. The number of tetrazole rings is 1. The first kappa shape index (κ1) is 14.5. The number of hydrogen-bond acceptors (Lipinski definition) is 6. The first-order chi connectivity index (χ1) is 10.1. The molecule has 0 saturated heterocycles. The van der Waals surface area contributed by atoms with Crippen LogP contribution in [0.15, 0.2) is 24.4 Å². The Hall–Kier alpha value is -2.92. The van der Waals surface area contributed by atoms with Crippen LogP contribution in [0.5, 0.6) is 0 Å². The molecule has 0 radical (unpaired) electrons. The number of nitrogens with one attached hydrogen (secondary N) is 3. The standard InChI is InChI=1S/C12H10ClN7O/c1-7(21)16-10-3-2-9(13)4-11(10)15-6-8(5-14)12-17-19-20-18-12/h2-4,6,15H,1H3,(H,16,21)(H,17,18,19,20). The summed E-state index contributed by atoms with van der Waals surface area (Å²) in [5.41, 5.74) is 1.25. The van der Waals surface area contributed by atoms with Gasteiger partial charge in [0.15, 0.2) is 0 Å². The molecule has 0 aliphatic heterocycles. The van der Waals surface area contributed by atoms with E-state index >= 15 is 0 Å². The number of nitriles is 1. The summed E-state index contributed by atoms with van der Waals surface area (Å²) >= 11 is 5.92. The van der Waals surface area contributed by atoms with E-state index in [0.717, 1.165) is 0 Å². The number of rotatable bonds is 4. The largest absolute Gasteiger partial charge is 0.359 e. The highest BCUT2D eigenvalue weighted by molar-refractivity contribution is 6.31. The number of carbonyl (C=O) groups is 1. The third-order valence-corrected chi connectivity index (χ3v) is 2.61. The summed E-state index contributed by atoms with van der Waals surface area (Å²) in [6, 6.07) is 6.86.